The molecule has 0 spiro atoms. The number of carboxylic acid groups (broad SMARTS) is 1. The molecule has 0 unspecified atom stereocenters. The van der Waals surface area contributed by atoms with Crippen LogP contribution in [0, 0.1) is 0 Å². The van der Waals surface area contributed by atoms with Gasteiger partial charge in [0.05, 0.1) is 0 Å². The number of allylic oxidation sites excluding steroid dienone is 2. The topological polar surface area (TPSA) is 53.4 Å². The Morgan fingerprint density at radius 1 is 1.53 bits per heavy atom. The SMILES string of the molecule is O=C(O)N1C=CC(c2cccnc2)=CC1. The average molecular weight is 202 g/mol. The first-order valence-corrected chi connectivity index (χ1v) is 4.56. The second-order valence-electron chi connectivity index (χ2n) is 3.15. The quantitative estimate of drug-likeness (QED) is 0.757. The number of hydrogen-bond acceptors (Lipinski definition) is 2. The summed E-state index contributed by atoms with van der Waals surface area (Å²) in [5.41, 5.74) is 2.00. The van der Waals surface area contributed by atoms with Gasteiger partial charge < -0.3 is 5.11 Å². The van der Waals surface area contributed by atoms with Gasteiger partial charge in [0.1, 0.15) is 0 Å². The van der Waals surface area contributed by atoms with E-state index in [0.717, 1.165) is 11.1 Å². The second kappa shape index (κ2) is 3.96. The Hall–Kier alpha value is -2.10. The summed E-state index contributed by atoms with van der Waals surface area (Å²) in [5.74, 6) is 0. The van der Waals surface area contributed by atoms with E-state index in [1.54, 1.807) is 24.7 Å². The minimum atomic E-state index is -0.937. The highest BCUT2D eigenvalue weighted by atomic mass is 16.4. The lowest BCUT2D eigenvalue weighted by Crippen LogP contribution is -2.25. The van der Waals surface area contributed by atoms with Crippen molar-refractivity contribution in [2.45, 2.75) is 0 Å². The van der Waals surface area contributed by atoms with Crippen LogP contribution in [0.4, 0.5) is 4.79 Å². The van der Waals surface area contributed by atoms with Gasteiger partial charge in [-0.3, -0.25) is 9.88 Å². The molecule has 0 aliphatic carbocycles. The fraction of sp³-hybridized carbons (Fsp3) is 0.0909. The van der Waals surface area contributed by atoms with E-state index in [0.29, 0.717) is 6.54 Å². The van der Waals surface area contributed by atoms with Gasteiger partial charge in [0.2, 0.25) is 0 Å². The molecular weight excluding hydrogens is 192 g/mol. The largest absolute Gasteiger partial charge is 0.465 e. The third-order valence-electron chi connectivity index (χ3n) is 2.18. The van der Waals surface area contributed by atoms with Gasteiger partial charge in [-0.1, -0.05) is 12.1 Å². The highest BCUT2D eigenvalue weighted by Gasteiger charge is 2.11. The number of rotatable bonds is 1. The van der Waals surface area contributed by atoms with Crippen LogP contribution in [0.15, 0.2) is 42.9 Å². The highest BCUT2D eigenvalue weighted by Crippen LogP contribution is 2.18. The van der Waals surface area contributed by atoms with Gasteiger partial charge in [0.15, 0.2) is 0 Å². The standard InChI is InChI=1S/C11H10N2O2/c14-11(15)13-6-3-9(4-7-13)10-2-1-5-12-8-10/h1-6,8H,7H2,(H,14,15). The van der Waals surface area contributed by atoms with Crippen molar-refractivity contribution in [2.75, 3.05) is 6.54 Å². The number of nitrogens with zero attached hydrogens (tertiary/aromatic N) is 2. The zero-order chi connectivity index (χ0) is 10.7. The first kappa shape index (κ1) is 9.45. The predicted molar refractivity (Wildman–Crippen MR) is 56.1 cm³/mol. The van der Waals surface area contributed by atoms with E-state index < -0.39 is 6.09 Å². The molecular formula is C11H10N2O2. The number of amides is 1. The summed E-state index contributed by atoms with van der Waals surface area (Å²) in [4.78, 5) is 15.9. The number of aromatic nitrogens is 1. The average Bonchev–Trinajstić information content (AvgIpc) is 2.30. The third kappa shape index (κ3) is 2.04. The fourth-order valence-corrected chi connectivity index (χ4v) is 1.39. The maximum atomic E-state index is 10.6. The van der Waals surface area contributed by atoms with Crippen molar-refractivity contribution in [3.63, 3.8) is 0 Å². The van der Waals surface area contributed by atoms with Crippen LogP contribution in [0.1, 0.15) is 5.56 Å². The number of hydrogen-bond donors (Lipinski definition) is 1. The predicted octanol–water partition coefficient (Wildman–Crippen LogP) is 1.97. The van der Waals surface area contributed by atoms with Crippen molar-refractivity contribution in [1.82, 2.24) is 9.88 Å². The van der Waals surface area contributed by atoms with E-state index in [1.165, 1.54) is 4.90 Å². The van der Waals surface area contributed by atoms with Gasteiger partial charge in [-0.25, -0.2) is 4.79 Å². The van der Waals surface area contributed by atoms with Crippen LogP contribution in [0.3, 0.4) is 0 Å². The van der Waals surface area contributed by atoms with E-state index in [4.69, 9.17) is 5.11 Å². The maximum Gasteiger partial charge on any atom is 0.411 e. The van der Waals surface area contributed by atoms with Crippen LogP contribution in [-0.4, -0.2) is 27.6 Å². The molecule has 76 valence electrons. The van der Waals surface area contributed by atoms with E-state index in [-0.39, 0.29) is 0 Å². The van der Waals surface area contributed by atoms with Crippen LogP contribution < -0.4 is 0 Å². The Bertz CT molecular complexity index is 423. The van der Waals surface area contributed by atoms with Crippen LogP contribution in [0.2, 0.25) is 0 Å². The maximum absolute atomic E-state index is 10.6. The Morgan fingerprint density at radius 3 is 2.93 bits per heavy atom. The Kier molecular flexibility index (Phi) is 2.49. The van der Waals surface area contributed by atoms with Crippen LogP contribution >= 0.6 is 0 Å². The van der Waals surface area contributed by atoms with Crippen LogP contribution in [0.25, 0.3) is 5.57 Å². The lowest BCUT2D eigenvalue weighted by Gasteiger charge is -2.17. The minimum Gasteiger partial charge on any atom is -0.465 e. The van der Waals surface area contributed by atoms with Crippen molar-refractivity contribution in [3.8, 4) is 0 Å². The summed E-state index contributed by atoms with van der Waals surface area (Å²) < 4.78 is 0. The van der Waals surface area contributed by atoms with Crippen molar-refractivity contribution in [2.24, 2.45) is 0 Å². The number of pyridine rings is 1. The molecule has 1 amide bonds. The molecule has 0 bridgehead atoms. The molecule has 1 aromatic rings. The monoisotopic (exact) mass is 202 g/mol. The summed E-state index contributed by atoms with van der Waals surface area (Å²) in [6.45, 7) is 0.385. The summed E-state index contributed by atoms with van der Waals surface area (Å²) in [6.07, 6.45) is 7.73. The second-order valence-corrected chi connectivity index (χ2v) is 3.15. The minimum absolute atomic E-state index is 0.385. The van der Waals surface area contributed by atoms with Crippen molar-refractivity contribution in [3.05, 3.63) is 48.4 Å². The van der Waals surface area contributed by atoms with E-state index >= 15 is 0 Å². The molecule has 0 radical (unpaired) electrons. The molecule has 0 fully saturated rings. The summed E-state index contributed by atoms with van der Waals surface area (Å²) in [6, 6.07) is 3.80. The van der Waals surface area contributed by atoms with Gasteiger partial charge >= 0.3 is 6.09 Å². The molecule has 0 aromatic carbocycles. The molecule has 2 rings (SSSR count). The van der Waals surface area contributed by atoms with Crippen molar-refractivity contribution in [1.29, 1.82) is 0 Å². The summed E-state index contributed by atoms with van der Waals surface area (Å²) in [7, 11) is 0. The van der Waals surface area contributed by atoms with Crippen LogP contribution in [0.5, 0.6) is 0 Å². The lowest BCUT2D eigenvalue weighted by atomic mass is 10.1. The third-order valence-corrected chi connectivity index (χ3v) is 2.18. The molecule has 1 aromatic heterocycles. The molecule has 0 saturated carbocycles. The molecule has 0 atom stereocenters. The van der Waals surface area contributed by atoms with E-state index in [1.807, 2.05) is 18.2 Å². The molecule has 1 N–H and O–H groups in total. The van der Waals surface area contributed by atoms with Gasteiger partial charge in [-0.15, -0.1) is 0 Å². The Labute approximate surface area is 87.2 Å². The molecule has 4 heteroatoms. The lowest BCUT2D eigenvalue weighted by molar-refractivity contribution is 0.166. The normalized spacial score (nSPS) is 14.9. The molecule has 1 aliphatic rings. The van der Waals surface area contributed by atoms with Gasteiger partial charge in [0, 0.05) is 25.1 Å². The van der Waals surface area contributed by atoms with Crippen molar-refractivity contribution >= 4 is 11.7 Å². The summed E-state index contributed by atoms with van der Waals surface area (Å²) in [5, 5.41) is 8.73. The molecule has 1 aliphatic heterocycles. The molecule has 15 heavy (non-hydrogen) atoms. The molecule has 0 saturated heterocycles. The van der Waals surface area contributed by atoms with Gasteiger partial charge in [0.25, 0.3) is 0 Å². The first-order valence-electron chi connectivity index (χ1n) is 4.56. The first-order chi connectivity index (χ1) is 7.27. The Balaban J connectivity index is 2.17. The van der Waals surface area contributed by atoms with Gasteiger partial charge in [-0.05, 0) is 23.3 Å². The van der Waals surface area contributed by atoms with E-state index in [2.05, 4.69) is 4.98 Å². The Morgan fingerprint density at radius 2 is 2.40 bits per heavy atom. The van der Waals surface area contributed by atoms with Crippen molar-refractivity contribution < 1.29 is 9.90 Å². The summed E-state index contributed by atoms with van der Waals surface area (Å²) >= 11 is 0. The van der Waals surface area contributed by atoms with Gasteiger partial charge in [-0.2, -0.15) is 0 Å². The van der Waals surface area contributed by atoms with Crippen LogP contribution in [-0.2, 0) is 0 Å². The smallest absolute Gasteiger partial charge is 0.411 e. The highest BCUT2D eigenvalue weighted by molar-refractivity contribution is 5.77. The number of carbonyl (C=O) groups is 1. The molecule has 4 nitrogen and oxygen atoms in total. The zero-order valence-corrected chi connectivity index (χ0v) is 8.00. The molecule has 2 heterocycles. The fourth-order valence-electron chi connectivity index (χ4n) is 1.39. The zero-order valence-electron chi connectivity index (χ0n) is 8.00. The van der Waals surface area contributed by atoms with E-state index in [9.17, 15) is 4.79 Å².